The van der Waals surface area contributed by atoms with Crippen LogP contribution in [0.5, 0.6) is 0 Å². The van der Waals surface area contributed by atoms with Crippen molar-refractivity contribution in [1.82, 2.24) is 5.32 Å². The predicted molar refractivity (Wildman–Crippen MR) is 66.4 cm³/mol. The van der Waals surface area contributed by atoms with Crippen LogP contribution in [0.15, 0.2) is 16.7 Å². The highest BCUT2D eigenvalue weighted by atomic mass is 32.1. The number of carbonyl (C=O) groups is 1. The summed E-state index contributed by atoms with van der Waals surface area (Å²) in [6, 6.07) is 1.67. The average Bonchev–Trinajstić information content (AvgIpc) is 2.64. The Bertz CT molecular complexity index is 414. The smallest absolute Gasteiger partial charge is 0.255 e. The minimum atomic E-state index is -0.655. The van der Waals surface area contributed by atoms with E-state index in [0.717, 1.165) is 0 Å². The van der Waals surface area contributed by atoms with Crippen LogP contribution < -0.4 is 11.1 Å². The second-order valence-corrected chi connectivity index (χ2v) is 4.39. The van der Waals surface area contributed by atoms with Gasteiger partial charge in [0, 0.05) is 0 Å². The van der Waals surface area contributed by atoms with E-state index in [0.29, 0.717) is 17.7 Å². The number of hydrogen-bond donors (Lipinski definition) is 2. The third-order valence-electron chi connectivity index (χ3n) is 2.63. The molecular formula is C11H16N2O2S. The van der Waals surface area contributed by atoms with Crippen molar-refractivity contribution in [2.75, 3.05) is 0 Å². The zero-order valence-electron chi connectivity index (χ0n) is 9.66. The molecule has 1 aromatic rings. The van der Waals surface area contributed by atoms with E-state index in [1.807, 2.05) is 6.92 Å². The summed E-state index contributed by atoms with van der Waals surface area (Å²) >= 11 is 4.94. The molecular weight excluding hydrogens is 224 g/mol. The van der Waals surface area contributed by atoms with Gasteiger partial charge >= 0.3 is 0 Å². The lowest BCUT2D eigenvalue weighted by atomic mass is 9.98. The number of nitrogens with two attached hydrogens (primary N) is 1. The van der Waals surface area contributed by atoms with E-state index in [4.69, 9.17) is 22.4 Å². The van der Waals surface area contributed by atoms with Gasteiger partial charge in [-0.3, -0.25) is 4.79 Å². The van der Waals surface area contributed by atoms with Gasteiger partial charge in [-0.1, -0.05) is 19.1 Å². The maximum atomic E-state index is 11.9. The van der Waals surface area contributed by atoms with Crippen LogP contribution in [0.3, 0.4) is 0 Å². The fourth-order valence-corrected chi connectivity index (χ4v) is 1.40. The van der Waals surface area contributed by atoms with Gasteiger partial charge in [-0.05, 0) is 26.3 Å². The third kappa shape index (κ3) is 2.61. The number of amides is 1. The highest BCUT2D eigenvalue weighted by Crippen LogP contribution is 2.12. The van der Waals surface area contributed by atoms with Gasteiger partial charge in [-0.25, -0.2) is 0 Å². The minimum absolute atomic E-state index is 0.228. The summed E-state index contributed by atoms with van der Waals surface area (Å²) in [4.78, 5) is 12.1. The number of thiocarbonyl (C=S) groups is 1. The Hall–Kier alpha value is -1.36. The molecule has 1 aromatic heterocycles. The molecule has 0 aromatic carbocycles. The molecule has 0 radical (unpaired) electrons. The van der Waals surface area contributed by atoms with Crippen LogP contribution in [0.2, 0.25) is 0 Å². The number of aryl methyl sites for hydroxylation is 1. The van der Waals surface area contributed by atoms with Crippen LogP contribution in [0.1, 0.15) is 36.4 Å². The summed E-state index contributed by atoms with van der Waals surface area (Å²) in [6.45, 7) is 5.50. The van der Waals surface area contributed by atoms with E-state index in [1.165, 1.54) is 6.26 Å². The topological polar surface area (TPSA) is 68.3 Å². The first-order chi connectivity index (χ1) is 7.39. The molecule has 5 heteroatoms. The SMILES string of the molecule is CCC(C)(NC(=O)c1coc(C)c1)C(N)=S. The number of furan rings is 1. The van der Waals surface area contributed by atoms with Gasteiger partial charge in [0.1, 0.15) is 12.0 Å². The lowest BCUT2D eigenvalue weighted by molar-refractivity contribution is 0.0926. The van der Waals surface area contributed by atoms with Crippen LogP contribution in [-0.2, 0) is 0 Å². The van der Waals surface area contributed by atoms with Gasteiger partial charge < -0.3 is 15.5 Å². The average molecular weight is 240 g/mol. The van der Waals surface area contributed by atoms with Crippen molar-refractivity contribution in [3.63, 3.8) is 0 Å². The molecule has 0 aliphatic rings. The van der Waals surface area contributed by atoms with Crippen molar-refractivity contribution < 1.29 is 9.21 Å². The van der Waals surface area contributed by atoms with Crippen molar-refractivity contribution in [2.24, 2.45) is 5.73 Å². The van der Waals surface area contributed by atoms with Gasteiger partial charge in [0.15, 0.2) is 0 Å². The van der Waals surface area contributed by atoms with E-state index >= 15 is 0 Å². The standard InChI is InChI=1S/C11H16N2O2S/c1-4-11(3,10(12)16)13-9(14)8-5-7(2)15-6-8/h5-6H,4H2,1-3H3,(H2,12,16)(H,13,14). The summed E-state index contributed by atoms with van der Waals surface area (Å²) in [5.41, 5.74) is 5.43. The maximum absolute atomic E-state index is 11.9. The monoisotopic (exact) mass is 240 g/mol. The zero-order valence-corrected chi connectivity index (χ0v) is 10.5. The van der Waals surface area contributed by atoms with E-state index in [2.05, 4.69) is 5.32 Å². The minimum Gasteiger partial charge on any atom is -0.469 e. The molecule has 0 spiro atoms. The number of rotatable bonds is 4. The summed E-state index contributed by atoms with van der Waals surface area (Å²) in [5, 5.41) is 2.81. The third-order valence-corrected chi connectivity index (χ3v) is 3.08. The van der Waals surface area contributed by atoms with E-state index in [9.17, 15) is 4.79 Å². The summed E-state index contributed by atoms with van der Waals surface area (Å²) in [6.07, 6.45) is 2.06. The Morgan fingerprint density at radius 1 is 1.69 bits per heavy atom. The highest BCUT2D eigenvalue weighted by Gasteiger charge is 2.28. The molecule has 0 aliphatic carbocycles. The molecule has 1 amide bonds. The Morgan fingerprint density at radius 2 is 2.31 bits per heavy atom. The Balaban J connectivity index is 2.81. The van der Waals surface area contributed by atoms with Crippen molar-refractivity contribution in [3.8, 4) is 0 Å². The fraction of sp³-hybridized carbons (Fsp3) is 0.455. The first-order valence-corrected chi connectivity index (χ1v) is 5.47. The van der Waals surface area contributed by atoms with Gasteiger partial charge in [-0.2, -0.15) is 0 Å². The molecule has 16 heavy (non-hydrogen) atoms. The first kappa shape index (κ1) is 12.7. The van der Waals surface area contributed by atoms with Crippen molar-refractivity contribution >= 4 is 23.1 Å². The van der Waals surface area contributed by atoms with Crippen LogP contribution in [0.4, 0.5) is 0 Å². The fourth-order valence-electron chi connectivity index (χ4n) is 1.21. The maximum Gasteiger partial charge on any atom is 0.255 e. The molecule has 1 rings (SSSR count). The predicted octanol–water partition coefficient (Wildman–Crippen LogP) is 1.77. The van der Waals surface area contributed by atoms with Gasteiger partial charge in [0.25, 0.3) is 5.91 Å². The number of carbonyl (C=O) groups excluding carboxylic acids is 1. The number of hydrogen-bond acceptors (Lipinski definition) is 3. The molecule has 1 heterocycles. The van der Waals surface area contributed by atoms with Crippen LogP contribution >= 0.6 is 12.2 Å². The van der Waals surface area contributed by atoms with Crippen LogP contribution in [0, 0.1) is 6.92 Å². The molecule has 0 bridgehead atoms. The molecule has 4 nitrogen and oxygen atoms in total. The van der Waals surface area contributed by atoms with Gasteiger partial charge in [0.05, 0.1) is 16.1 Å². The number of nitrogens with one attached hydrogen (secondary N) is 1. The molecule has 88 valence electrons. The molecule has 0 saturated carbocycles. The van der Waals surface area contributed by atoms with E-state index in [-0.39, 0.29) is 10.9 Å². The lowest BCUT2D eigenvalue weighted by Gasteiger charge is -2.27. The molecule has 1 atom stereocenters. The van der Waals surface area contributed by atoms with Crippen molar-refractivity contribution in [1.29, 1.82) is 0 Å². The quantitative estimate of drug-likeness (QED) is 0.787. The zero-order chi connectivity index (χ0) is 12.3. The Morgan fingerprint density at radius 3 is 2.69 bits per heavy atom. The molecule has 1 unspecified atom stereocenters. The summed E-state index contributed by atoms with van der Waals surface area (Å²) in [7, 11) is 0. The Labute approximate surface area is 100 Å². The van der Waals surface area contributed by atoms with Gasteiger partial charge in [0.2, 0.25) is 0 Å². The van der Waals surface area contributed by atoms with E-state index < -0.39 is 5.54 Å². The second-order valence-electron chi connectivity index (χ2n) is 3.95. The van der Waals surface area contributed by atoms with Crippen LogP contribution in [0.25, 0.3) is 0 Å². The van der Waals surface area contributed by atoms with Crippen molar-refractivity contribution in [2.45, 2.75) is 32.7 Å². The van der Waals surface area contributed by atoms with Crippen molar-refractivity contribution in [3.05, 3.63) is 23.7 Å². The molecule has 0 aliphatic heterocycles. The van der Waals surface area contributed by atoms with Gasteiger partial charge in [-0.15, -0.1) is 0 Å². The molecule has 0 fully saturated rings. The summed E-state index contributed by atoms with van der Waals surface area (Å²) in [5.74, 6) is 0.465. The van der Waals surface area contributed by atoms with E-state index in [1.54, 1.807) is 19.9 Å². The first-order valence-electron chi connectivity index (χ1n) is 5.06. The Kier molecular flexibility index (Phi) is 3.70. The molecule has 0 saturated heterocycles. The van der Waals surface area contributed by atoms with Crippen LogP contribution in [-0.4, -0.2) is 16.4 Å². The summed E-state index contributed by atoms with van der Waals surface area (Å²) < 4.78 is 5.07. The second kappa shape index (κ2) is 4.65. The normalized spacial score (nSPS) is 14.2. The lowest BCUT2D eigenvalue weighted by Crippen LogP contribution is -2.54. The molecule has 3 N–H and O–H groups in total. The largest absolute Gasteiger partial charge is 0.469 e. The highest BCUT2D eigenvalue weighted by molar-refractivity contribution is 7.80.